The number of anilines is 9. The van der Waals surface area contributed by atoms with Gasteiger partial charge in [-0.2, -0.15) is 26.3 Å². The number of amides is 3. The molecule has 12 heterocycles. The van der Waals surface area contributed by atoms with E-state index in [1.165, 1.54) is 54.9 Å². The van der Waals surface area contributed by atoms with Gasteiger partial charge in [0, 0.05) is 155 Å². The van der Waals surface area contributed by atoms with Crippen LogP contribution < -0.4 is 89.7 Å². The Bertz CT molecular complexity index is 4650. The standard InChI is InChI=1S/C26H31N7O3.C24H23F4N7O3.C24H25F2N7O3.3CH4/c1-35-23-15-18-5-11-33(12-6-19(18)16-24(23)36-2)26-29-8-3-20(31-26)25(34)30-21-17-28-7-4-22(21)32-13-9-27-10-14-32;25-22(26)37-19-9-14-12-35(13-15(14)10-20(19)38-23(27)28)24-31-4-1-16(33-24)21(36)32-17-11-30-3-2-18(17)34-7-5-29-6-8-34;1-35-20-10-15-13-33(14-16(15)11-21(20)36-23(25)26)24-29-5-2-17(31-24)22(34)30-18-12-28-4-3-19(18)32-8-6-27-7-9-32;;;/h3-4,7-8,15-17,27H,5-6,9-14H2,1-2H3,(H,30,34);1-4,9-11,22-23,29H,5-8,12-13H2,(H,32,36);2-5,10-12,23,27H,6-9,13-14H2,1H3,(H,30,34);3*1H4. The minimum absolute atomic E-state index is 0. The van der Waals surface area contributed by atoms with E-state index in [0.29, 0.717) is 58.9 Å². The maximum Gasteiger partial charge on any atom is 0.387 e. The maximum atomic E-state index is 13.2. The number of nitrogens with one attached hydrogen (secondary N) is 6. The van der Waals surface area contributed by atoms with Crippen LogP contribution in [0, 0.1) is 0 Å². The molecule has 0 unspecified atom stereocenters. The van der Waals surface area contributed by atoms with E-state index in [9.17, 15) is 40.7 Å². The zero-order valence-corrected chi connectivity index (χ0v) is 60.1. The van der Waals surface area contributed by atoms with Gasteiger partial charge in [-0.05, 0) is 119 Å². The van der Waals surface area contributed by atoms with E-state index in [4.69, 9.17) is 14.2 Å². The van der Waals surface area contributed by atoms with Crippen molar-refractivity contribution >= 4 is 69.7 Å². The van der Waals surface area contributed by atoms with Crippen LogP contribution in [-0.4, -0.2) is 195 Å². The number of methoxy groups -OCH3 is 3. The van der Waals surface area contributed by atoms with Crippen molar-refractivity contribution in [2.75, 3.05) is 158 Å². The van der Waals surface area contributed by atoms with E-state index >= 15 is 0 Å². The van der Waals surface area contributed by atoms with Crippen molar-refractivity contribution in [2.45, 2.75) is 81.1 Å². The number of piperazine rings is 3. The van der Waals surface area contributed by atoms with Gasteiger partial charge in [-0.3, -0.25) is 29.3 Å². The minimum atomic E-state index is -3.21. The fraction of sp³-hybridized carbons (Fsp3) is 0.377. The van der Waals surface area contributed by atoms with Crippen LogP contribution in [-0.2, 0) is 39.0 Å². The number of fused-ring (bicyclic) bond motifs is 3. The van der Waals surface area contributed by atoms with Gasteiger partial charge in [0.05, 0.1) is 74.0 Å². The van der Waals surface area contributed by atoms with Crippen molar-refractivity contribution < 1.29 is 69.1 Å². The molecule has 9 aromatic rings. The van der Waals surface area contributed by atoms with Gasteiger partial charge in [0.1, 0.15) is 17.1 Å². The Hall–Kier alpha value is -12.2. The third-order valence-electron chi connectivity index (χ3n) is 18.8. The molecule has 3 saturated heterocycles. The van der Waals surface area contributed by atoms with E-state index in [0.717, 1.165) is 144 Å². The fourth-order valence-electron chi connectivity index (χ4n) is 13.5. The topological polar surface area (TPSA) is 314 Å². The second-order valence-corrected chi connectivity index (χ2v) is 25.6. The van der Waals surface area contributed by atoms with Crippen LogP contribution in [0.25, 0.3) is 0 Å². The lowest BCUT2D eigenvalue weighted by Crippen LogP contribution is -2.43. The summed E-state index contributed by atoms with van der Waals surface area (Å²) < 4.78 is 106. The Morgan fingerprint density at radius 2 is 0.637 bits per heavy atom. The Balaban J connectivity index is 0.000000177. The van der Waals surface area contributed by atoms with E-state index in [2.05, 4.69) is 111 Å². The highest BCUT2D eigenvalue weighted by Gasteiger charge is 2.31. The highest BCUT2D eigenvalue weighted by atomic mass is 19.3. The Morgan fingerprint density at radius 3 is 0.938 bits per heavy atom. The Labute approximate surface area is 650 Å². The normalized spacial score (nSPS) is 14.9. The number of hydrogen-bond donors (Lipinski definition) is 6. The molecule has 6 N–H and O–H groups in total. The quantitative estimate of drug-likeness (QED) is 0.0364. The van der Waals surface area contributed by atoms with Gasteiger partial charge in [-0.1, -0.05) is 22.3 Å². The highest BCUT2D eigenvalue weighted by Crippen LogP contribution is 2.41. The molecular weight excluding hydrogens is 1480 g/mol. The van der Waals surface area contributed by atoms with E-state index in [1.807, 2.05) is 35.2 Å². The van der Waals surface area contributed by atoms with E-state index < -0.39 is 37.2 Å². The second kappa shape index (κ2) is 39.1. The third-order valence-corrected chi connectivity index (χ3v) is 18.8. The summed E-state index contributed by atoms with van der Waals surface area (Å²) in [6.07, 6.45) is 16.2. The summed E-state index contributed by atoms with van der Waals surface area (Å²) in [5, 5.41) is 18.7. The number of halogens is 6. The SMILES string of the molecule is C.C.C.COc1cc2c(cc1OC(F)F)CN(c1nccc(C(=O)Nc3cnccc3N3CCNCC3)n1)C2.COc1cc2c(cc1OC)CCN(c1nccc(C(=O)Nc3cnccc3N3CCNCC3)n1)CC2.O=C(Nc1cnccc1N1CCNCC1)c1ccnc(N2Cc3cc(OC(F)F)c(OC(F)F)cc3C2)n1. The number of pyridine rings is 3. The lowest BCUT2D eigenvalue weighted by Gasteiger charge is -2.30. The monoisotopic (exact) mass is 1570 g/mol. The number of benzene rings is 3. The molecule has 6 aliphatic rings. The Morgan fingerprint density at radius 1 is 0.363 bits per heavy atom. The van der Waals surface area contributed by atoms with Crippen LogP contribution in [0.4, 0.5) is 78.3 Å². The van der Waals surface area contributed by atoms with Crippen molar-refractivity contribution in [3.8, 4) is 34.5 Å². The van der Waals surface area contributed by atoms with Crippen molar-refractivity contribution in [1.29, 1.82) is 0 Å². The fourth-order valence-corrected chi connectivity index (χ4v) is 13.5. The number of ether oxygens (including phenoxy) is 6. The molecule has 3 fully saturated rings. The molecule has 36 heteroatoms. The summed E-state index contributed by atoms with van der Waals surface area (Å²) in [5.74, 6) is 0.643. The number of nitrogens with zero attached hydrogens (tertiary/aromatic N) is 15. The van der Waals surface area contributed by atoms with Crippen LogP contribution in [0.2, 0.25) is 0 Å². The lowest BCUT2D eigenvalue weighted by molar-refractivity contribution is -0.0692. The number of hydrogen-bond acceptors (Lipinski definition) is 27. The van der Waals surface area contributed by atoms with Crippen molar-refractivity contribution in [2.24, 2.45) is 0 Å². The van der Waals surface area contributed by atoms with Gasteiger partial charge < -0.3 is 89.7 Å². The number of rotatable bonds is 21. The average molecular weight is 1570 g/mol. The molecule has 6 aromatic heterocycles. The second-order valence-electron chi connectivity index (χ2n) is 25.6. The molecule has 0 aliphatic carbocycles. The van der Waals surface area contributed by atoms with Gasteiger partial charge in [0.2, 0.25) is 17.8 Å². The molecule has 3 aromatic carbocycles. The molecule has 600 valence electrons. The molecule has 6 aliphatic heterocycles. The third kappa shape index (κ3) is 20.7. The van der Waals surface area contributed by atoms with Crippen molar-refractivity contribution in [3.05, 3.63) is 179 Å². The summed E-state index contributed by atoms with van der Waals surface area (Å²) in [6, 6.07) is 20.1. The van der Waals surface area contributed by atoms with E-state index in [1.54, 1.807) is 80.7 Å². The molecule has 30 nitrogen and oxygen atoms in total. The zero-order chi connectivity index (χ0) is 76.6. The molecule has 0 spiro atoms. The minimum Gasteiger partial charge on any atom is -0.493 e. The maximum absolute atomic E-state index is 13.2. The molecule has 15 rings (SSSR count). The summed E-state index contributed by atoms with van der Waals surface area (Å²) in [4.78, 5) is 90.6. The average Bonchev–Trinajstić information content (AvgIpc) is 1.63. The lowest BCUT2D eigenvalue weighted by atomic mass is 10.0. The predicted octanol–water partition coefficient (Wildman–Crippen LogP) is 9.98. The summed E-state index contributed by atoms with van der Waals surface area (Å²) in [5.41, 5.74) is 10.4. The first kappa shape index (κ1) is 83.3. The van der Waals surface area contributed by atoms with Crippen LogP contribution in [0.15, 0.2) is 129 Å². The summed E-state index contributed by atoms with van der Waals surface area (Å²) >= 11 is 0. The zero-order valence-electron chi connectivity index (χ0n) is 60.1. The largest absolute Gasteiger partial charge is 0.493 e. The van der Waals surface area contributed by atoms with E-state index in [-0.39, 0.29) is 76.0 Å². The van der Waals surface area contributed by atoms with Crippen LogP contribution in [0.5, 0.6) is 34.5 Å². The number of alkyl halides is 6. The molecule has 0 radical (unpaired) electrons. The van der Waals surface area contributed by atoms with Crippen LogP contribution in [0.3, 0.4) is 0 Å². The predicted molar refractivity (Wildman–Crippen MR) is 416 cm³/mol. The highest BCUT2D eigenvalue weighted by molar-refractivity contribution is 6.06. The van der Waals surface area contributed by atoms with Crippen molar-refractivity contribution in [3.63, 3.8) is 0 Å². The molecule has 0 saturated carbocycles. The van der Waals surface area contributed by atoms with Gasteiger partial charge >= 0.3 is 19.8 Å². The van der Waals surface area contributed by atoms with Crippen LogP contribution >= 0.6 is 0 Å². The first-order valence-electron chi connectivity index (χ1n) is 35.4. The molecular formula is C77H91F6N21O9. The number of aromatic nitrogens is 9. The Kier molecular flexibility index (Phi) is 28.8. The number of carbonyl (C=O) groups is 3. The summed E-state index contributed by atoms with van der Waals surface area (Å²) in [7, 11) is 4.69. The van der Waals surface area contributed by atoms with Crippen molar-refractivity contribution in [1.82, 2.24) is 60.8 Å². The molecule has 3 amide bonds. The molecule has 0 bridgehead atoms. The molecule has 113 heavy (non-hydrogen) atoms. The number of carbonyl (C=O) groups excluding carboxylic acids is 3. The summed E-state index contributed by atoms with van der Waals surface area (Å²) in [6.45, 7) is 3.45. The van der Waals surface area contributed by atoms with Gasteiger partial charge in [0.15, 0.2) is 34.5 Å². The first-order valence-corrected chi connectivity index (χ1v) is 35.4. The van der Waals surface area contributed by atoms with Gasteiger partial charge in [-0.25, -0.2) is 29.9 Å². The molecule has 0 atom stereocenters. The van der Waals surface area contributed by atoms with Gasteiger partial charge in [0.25, 0.3) is 17.7 Å². The van der Waals surface area contributed by atoms with Gasteiger partial charge in [-0.15, -0.1) is 0 Å². The first-order chi connectivity index (χ1) is 53.5. The van der Waals surface area contributed by atoms with Crippen LogP contribution in [0.1, 0.15) is 87.1 Å². The smallest absolute Gasteiger partial charge is 0.387 e.